The van der Waals surface area contributed by atoms with Crippen molar-refractivity contribution in [1.29, 1.82) is 0 Å². The standard InChI is InChI=1S/C5H5ClOS/c6-5(7)8-3-1-2-4-8/h1-4,8H. The van der Waals surface area contributed by atoms with Crippen LogP contribution in [0.2, 0.25) is 0 Å². The van der Waals surface area contributed by atoms with Crippen LogP contribution in [0.15, 0.2) is 23.0 Å². The topological polar surface area (TPSA) is 17.1 Å². The Morgan fingerprint density at radius 1 is 1.38 bits per heavy atom. The Hall–Kier alpha value is -0.210. The molecule has 0 aromatic rings. The Morgan fingerprint density at radius 2 is 1.88 bits per heavy atom. The molecule has 0 atom stereocenters. The molecule has 0 aliphatic carbocycles. The summed E-state index contributed by atoms with van der Waals surface area (Å²) in [6.45, 7) is 0. The molecule has 1 heterocycles. The molecule has 0 unspecified atom stereocenters. The summed E-state index contributed by atoms with van der Waals surface area (Å²) >= 11 is 5.17. The van der Waals surface area contributed by atoms with E-state index in [1.54, 1.807) is 0 Å². The van der Waals surface area contributed by atoms with Crippen LogP contribution in [-0.4, -0.2) is 4.57 Å². The lowest BCUT2D eigenvalue weighted by molar-refractivity contribution is 0.276. The Bertz CT molecular complexity index is 150. The minimum atomic E-state index is -0.739. The van der Waals surface area contributed by atoms with Crippen molar-refractivity contribution in [3.8, 4) is 0 Å². The molecule has 0 aromatic heterocycles. The zero-order chi connectivity index (χ0) is 5.98. The molecule has 0 bridgehead atoms. The van der Waals surface area contributed by atoms with E-state index in [-0.39, 0.29) is 4.57 Å². The van der Waals surface area contributed by atoms with E-state index >= 15 is 0 Å². The number of hydrogen-bond donors (Lipinski definition) is 1. The van der Waals surface area contributed by atoms with Gasteiger partial charge in [0, 0.05) is 0 Å². The van der Waals surface area contributed by atoms with Gasteiger partial charge in [0.2, 0.25) is 0 Å². The molecule has 0 saturated heterocycles. The third-order valence-corrected chi connectivity index (χ3v) is 2.79. The molecule has 0 aromatic carbocycles. The molecular formula is C5H5ClOS. The largest absolute Gasteiger partial charge is 0.270 e. The fourth-order valence-electron chi connectivity index (χ4n) is 0.452. The van der Waals surface area contributed by atoms with Crippen molar-refractivity contribution in [2.75, 3.05) is 0 Å². The van der Waals surface area contributed by atoms with E-state index in [9.17, 15) is 4.79 Å². The van der Waals surface area contributed by atoms with Crippen molar-refractivity contribution in [2.24, 2.45) is 0 Å². The second-order valence-corrected chi connectivity index (χ2v) is 3.77. The summed E-state index contributed by atoms with van der Waals surface area (Å²) in [7, 11) is -0.739. The second-order valence-electron chi connectivity index (χ2n) is 1.34. The first kappa shape index (κ1) is 5.92. The Labute approximate surface area is 55.4 Å². The molecule has 1 nitrogen and oxygen atoms in total. The van der Waals surface area contributed by atoms with Crippen LogP contribution in [0.3, 0.4) is 0 Å². The number of rotatable bonds is 0. The first-order valence-corrected chi connectivity index (χ1v) is 3.99. The summed E-state index contributed by atoms with van der Waals surface area (Å²) in [6.07, 6.45) is 3.68. The molecule has 0 radical (unpaired) electrons. The maximum Gasteiger partial charge on any atom is 0.266 e. The number of halogens is 1. The summed E-state index contributed by atoms with van der Waals surface area (Å²) in [4.78, 5) is 10.3. The van der Waals surface area contributed by atoms with Crippen molar-refractivity contribution >= 4 is 27.1 Å². The summed E-state index contributed by atoms with van der Waals surface area (Å²) in [5, 5.41) is 3.65. The van der Waals surface area contributed by atoms with Gasteiger partial charge in [-0.05, 0) is 22.4 Å². The van der Waals surface area contributed by atoms with Crippen molar-refractivity contribution in [2.45, 2.75) is 0 Å². The van der Waals surface area contributed by atoms with Gasteiger partial charge in [0.15, 0.2) is 0 Å². The van der Waals surface area contributed by atoms with Crippen LogP contribution in [0, 0.1) is 0 Å². The predicted octanol–water partition coefficient (Wildman–Crippen LogP) is 2.39. The molecule has 0 saturated carbocycles. The van der Waals surface area contributed by atoms with Gasteiger partial charge in [-0.3, -0.25) is 4.79 Å². The summed E-state index contributed by atoms with van der Waals surface area (Å²) in [6, 6.07) is 0. The zero-order valence-corrected chi connectivity index (χ0v) is 5.69. The minimum Gasteiger partial charge on any atom is -0.270 e. The van der Waals surface area contributed by atoms with Crippen molar-refractivity contribution in [3.05, 3.63) is 23.0 Å². The van der Waals surface area contributed by atoms with Gasteiger partial charge in [-0.1, -0.05) is 12.2 Å². The van der Waals surface area contributed by atoms with E-state index in [2.05, 4.69) is 0 Å². The van der Waals surface area contributed by atoms with Gasteiger partial charge in [-0.25, -0.2) is 0 Å². The molecular weight excluding hydrogens is 144 g/mol. The Kier molecular flexibility index (Phi) is 1.76. The van der Waals surface area contributed by atoms with Crippen molar-refractivity contribution in [3.63, 3.8) is 0 Å². The lowest BCUT2D eigenvalue weighted by atomic mass is 10.6. The second kappa shape index (κ2) is 2.37. The quantitative estimate of drug-likeness (QED) is 0.412. The maximum absolute atomic E-state index is 10.3. The Morgan fingerprint density at radius 3 is 2.12 bits per heavy atom. The molecule has 3 heteroatoms. The fourth-order valence-corrected chi connectivity index (χ4v) is 1.69. The van der Waals surface area contributed by atoms with Crippen molar-refractivity contribution in [1.82, 2.24) is 0 Å². The number of allylic oxidation sites excluding steroid dienone is 2. The van der Waals surface area contributed by atoms with Gasteiger partial charge in [0.05, 0.1) is 0 Å². The molecule has 1 aliphatic rings. The third-order valence-electron chi connectivity index (χ3n) is 0.807. The van der Waals surface area contributed by atoms with Crippen LogP contribution in [-0.2, 0) is 0 Å². The highest BCUT2D eigenvalue weighted by Crippen LogP contribution is 2.35. The normalized spacial score (nSPS) is 19.9. The van der Waals surface area contributed by atoms with Crippen LogP contribution in [0.5, 0.6) is 0 Å². The Balaban J connectivity index is 2.62. The monoisotopic (exact) mass is 148 g/mol. The van der Waals surface area contributed by atoms with Gasteiger partial charge in [-0.2, -0.15) is 0 Å². The molecule has 0 spiro atoms. The fraction of sp³-hybridized carbons (Fsp3) is 0. The van der Waals surface area contributed by atoms with Gasteiger partial charge in [0.1, 0.15) is 0 Å². The van der Waals surface area contributed by atoms with Gasteiger partial charge >= 0.3 is 0 Å². The highest BCUT2D eigenvalue weighted by molar-refractivity contribution is 8.36. The van der Waals surface area contributed by atoms with Crippen LogP contribution in [0.4, 0.5) is 4.79 Å². The molecule has 0 fully saturated rings. The number of thiol groups is 1. The van der Waals surface area contributed by atoms with E-state index in [4.69, 9.17) is 11.6 Å². The summed E-state index contributed by atoms with van der Waals surface area (Å²) < 4.78 is -0.245. The molecule has 1 rings (SSSR count). The highest BCUT2D eigenvalue weighted by atomic mass is 35.5. The number of carbonyl (C=O) groups excluding carboxylic acids is 1. The average Bonchev–Trinajstić information content (AvgIpc) is 2.12. The average molecular weight is 149 g/mol. The number of hydrogen-bond acceptors (Lipinski definition) is 1. The first-order chi connectivity index (χ1) is 3.80. The first-order valence-electron chi connectivity index (χ1n) is 2.13. The van der Waals surface area contributed by atoms with Gasteiger partial charge in [0.25, 0.3) is 4.57 Å². The van der Waals surface area contributed by atoms with E-state index in [0.29, 0.717) is 0 Å². The van der Waals surface area contributed by atoms with Gasteiger partial charge < -0.3 is 0 Å². The zero-order valence-electron chi connectivity index (χ0n) is 4.04. The number of carbonyl (C=O) groups is 1. The molecule has 8 heavy (non-hydrogen) atoms. The van der Waals surface area contributed by atoms with Crippen LogP contribution < -0.4 is 0 Å². The van der Waals surface area contributed by atoms with E-state index < -0.39 is 10.9 Å². The van der Waals surface area contributed by atoms with Crippen molar-refractivity contribution < 1.29 is 4.79 Å². The molecule has 0 N–H and O–H groups in total. The van der Waals surface area contributed by atoms with E-state index in [1.165, 1.54) is 0 Å². The van der Waals surface area contributed by atoms with Crippen LogP contribution in [0.25, 0.3) is 0 Å². The smallest absolute Gasteiger partial charge is 0.266 e. The van der Waals surface area contributed by atoms with E-state index in [1.807, 2.05) is 23.0 Å². The summed E-state index contributed by atoms with van der Waals surface area (Å²) in [5.41, 5.74) is 0. The van der Waals surface area contributed by atoms with E-state index in [0.717, 1.165) is 0 Å². The third kappa shape index (κ3) is 1.14. The van der Waals surface area contributed by atoms with Crippen LogP contribution in [0.1, 0.15) is 0 Å². The maximum atomic E-state index is 10.3. The lowest BCUT2D eigenvalue weighted by Crippen LogP contribution is -1.73. The highest BCUT2D eigenvalue weighted by Gasteiger charge is 2.04. The molecule has 1 aliphatic heterocycles. The SMILES string of the molecule is O=C(Cl)[SH]1C=CC=C1. The molecule has 0 amide bonds. The van der Waals surface area contributed by atoms with Crippen LogP contribution >= 0.6 is 22.5 Å². The minimum absolute atomic E-state index is 0.245. The lowest BCUT2D eigenvalue weighted by Gasteiger charge is -1.97. The van der Waals surface area contributed by atoms with Gasteiger partial charge in [-0.15, -0.1) is 10.9 Å². The molecule has 44 valence electrons. The summed E-state index contributed by atoms with van der Waals surface area (Å²) in [5.74, 6) is 0. The predicted molar refractivity (Wildman–Crippen MR) is 38.5 cm³/mol.